The fraction of sp³-hybridized carbons (Fsp3) is 0.333. The molecule has 0 aliphatic heterocycles. The molecular formula is C21H22BrCl3N2O3. The minimum Gasteiger partial charge on any atom is -0.482 e. The van der Waals surface area contributed by atoms with E-state index in [4.69, 9.17) is 39.5 Å². The second kappa shape index (κ2) is 11.8. The molecule has 0 fully saturated rings. The van der Waals surface area contributed by atoms with Gasteiger partial charge in [-0.25, -0.2) is 0 Å². The molecule has 0 aromatic heterocycles. The fourth-order valence-corrected chi connectivity index (χ4v) is 3.89. The number of halogens is 4. The van der Waals surface area contributed by atoms with Crippen LogP contribution in [0.1, 0.15) is 25.8 Å². The number of ether oxygens (including phenoxy) is 1. The Kier molecular flexibility index (Phi) is 9.75. The van der Waals surface area contributed by atoms with E-state index in [1.165, 1.54) is 4.90 Å². The van der Waals surface area contributed by atoms with Gasteiger partial charge in [-0.1, -0.05) is 63.7 Å². The molecule has 2 amide bonds. The van der Waals surface area contributed by atoms with Crippen LogP contribution in [0.2, 0.25) is 15.1 Å². The molecule has 5 nitrogen and oxygen atoms in total. The maximum Gasteiger partial charge on any atom is 0.261 e. The number of amides is 2. The lowest BCUT2D eigenvalue weighted by molar-refractivity contribution is -0.142. The lowest BCUT2D eigenvalue weighted by Gasteiger charge is -2.29. The van der Waals surface area contributed by atoms with Crippen molar-refractivity contribution in [2.24, 2.45) is 0 Å². The van der Waals surface area contributed by atoms with Crippen LogP contribution >= 0.6 is 50.7 Å². The minimum atomic E-state index is -0.750. The van der Waals surface area contributed by atoms with Crippen LogP contribution in [-0.2, 0) is 16.1 Å². The van der Waals surface area contributed by atoms with E-state index in [0.717, 1.165) is 10.9 Å². The van der Waals surface area contributed by atoms with Crippen LogP contribution in [0.3, 0.4) is 0 Å². The third kappa shape index (κ3) is 6.77. The Labute approximate surface area is 199 Å². The van der Waals surface area contributed by atoms with Gasteiger partial charge >= 0.3 is 0 Å². The molecule has 2 rings (SSSR count). The molecule has 0 saturated carbocycles. The van der Waals surface area contributed by atoms with Gasteiger partial charge in [0.15, 0.2) is 6.61 Å². The van der Waals surface area contributed by atoms with Gasteiger partial charge in [-0.2, -0.15) is 0 Å². The third-order valence-corrected chi connectivity index (χ3v) is 5.85. The molecule has 0 radical (unpaired) electrons. The summed E-state index contributed by atoms with van der Waals surface area (Å²) in [5.74, 6) is -0.300. The Bertz CT molecular complexity index is 891. The summed E-state index contributed by atoms with van der Waals surface area (Å²) >= 11 is 22.0. The molecule has 0 heterocycles. The van der Waals surface area contributed by atoms with Gasteiger partial charge in [0, 0.05) is 33.2 Å². The molecular weight excluding hydrogens is 515 g/mol. The molecule has 0 aliphatic rings. The summed E-state index contributed by atoms with van der Waals surface area (Å²) in [6, 6.07) is 9.43. The topological polar surface area (TPSA) is 58.6 Å². The molecule has 2 aromatic rings. The highest BCUT2D eigenvalue weighted by atomic mass is 79.9. The Hall–Kier alpha value is -1.47. The van der Waals surface area contributed by atoms with Crippen LogP contribution in [0.5, 0.6) is 5.75 Å². The van der Waals surface area contributed by atoms with Crippen LogP contribution in [0, 0.1) is 0 Å². The molecule has 0 unspecified atom stereocenters. The molecule has 0 aliphatic carbocycles. The molecule has 1 N–H and O–H groups in total. The van der Waals surface area contributed by atoms with Gasteiger partial charge in [-0.15, -0.1) is 0 Å². The number of nitrogens with one attached hydrogen (secondary N) is 1. The highest BCUT2D eigenvalue weighted by molar-refractivity contribution is 9.10. The normalized spacial score (nSPS) is 11.7. The van der Waals surface area contributed by atoms with Gasteiger partial charge in [-0.3, -0.25) is 9.59 Å². The summed E-state index contributed by atoms with van der Waals surface area (Å²) in [6.45, 7) is 3.89. The lowest BCUT2D eigenvalue weighted by Crippen LogP contribution is -2.49. The number of carbonyl (C=O) groups is 2. The molecule has 30 heavy (non-hydrogen) atoms. The molecule has 0 spiro atoms. The maximum atomic E-state index is 13.0. The molecule has 2 aromatic carbocycles. The van der Waals surface area contributed by atoms with E-state index in [1.54, 1.807) is 43.3 Å². The van der Waals surface area contributed by atoms with Gasteiger partial charge in [0.05, 0.1) is 5.02 Å². The number of carbonyl (C=O) groups excluding carboxylic acids is 2. The van der Waals surface area contributed by atoms with E-state index in [-0.39, 0.29) is 19.1 Å². The Balaban J connectivity index is 2.22. The second-order valence-electron chi connectivity index (χ2n) is 6.55. The zero-order chi connectivity index (χ0) is 22.3. The first-order valence-corrected chi connectivity index (χ1v) is 11.2. The van der Waals surface area contributed by atoms with Crippen molar-refractivity contribution in [2.75, 3.05) is 13.2 Å². The summed E-state index contributed by atoms with van der Waals surface area (Å²) in [7, 11) is 0. The van der Waals surface area contributed by atoms with Crippen LogP contribution < -0.4 is 10.1 Å². The van der Waals surface area contributed by atoms with E-state index in [0.29, 0.717) is 32.9 Å². The highest BCUT2D eigenvalue weighted by Crippen LogP contribution is 2.29. The minimum absolute atomic E-state index is 0.0650. The van der Waals surface area contributed by atoms with Gasteiger partial charge in [0.2, 0.25) is 5.91 Å². The number of nitrogens with zero attached hydrogens (tertiary/aromatic N) is 1. The van der Waals surface area contributed by atoms with Gasteiger partial charge in [0.1, 0.15) is 11.8 Å². The van der Waals surface area contributed by atoms with E-state index in [9.17, 15) is 9.59 Å². The number of hydrogen-bond donors (Lipinski definition) is 1. The molecule has 0 bridgehead atoms. The smallest absolute Gasteiger partial charge is 0.261 e. The first-order chi connectivity index (χ1) is 14.2. The summed E-state index contributed by atoms with van der Waals surface area (Å²) in [5.41, 5.74) is 0.561. The summed E-state index contributed by atoms with van der Waals surface area (Å²) < 4.78 is 6.40. The summed E-state index contributed by atoms with van der Waals surface area (Å²) in [6.07, 6.45) is 0.786. The van der Waals surface area contributed by atoms with Crippen molar-refractivity contribution in [2.45, 2.75) is 32.9 Å². The predicted molar refractivity (Wildman–Crippen MR) is 124 cm³/mol. The van der Waals surface area contributed by atoms with Crippen molar-refractivity contribution < 1.29 is 14.3 Å². The van der Waals surface area contributed by atoms with Crippen molar-refractivity contribution in [1.82, 2.24) is 10.2 Å². The van der Waals surface area contributed by atoms with Crippen LogP contribution in [0.15, 0.2) is 40.9 Å². The summed E-state index contributed by atoms with van der Waals surface area (Å²) in [5, 5.41) is 4.00. The van der Waals surface area contributed by atoms with E-state index in [1.807, 2.05) is 6.92 Å². The zero-order valence-electron chi connectivity index (χ0n) is 16.6. The Morgan fingerprint density at radius 1 is 1.13 bits per heavy atom. The molecule has 162 valence electrons. The van der Waals surface area contributed by atoms with Crippen molar-refractivity contribution in [1.29, 1.82) is 0 Å². The second-order valence-corrected chi connectivity index (χ2v) is 8.69. The van der Waals surface area contributed by atoms with Gasteiger partial charge in [-0.05, 0) is 43.7 Å². The SMILES string of the molecule is CCCNC(=O)[C@H](C)N(Cc1c(Cl)cccc1Cl)C(=O)COc1ccc(Br)cc1Cl. The number of hydrogen-bond acceptors (Lipinski definition) is 3. The van der Waals surface area contributed by atoms with Crippen LogP contribution in [0.25, 0.3) is 0 Å². The highest BCUT2D eigenvalue weighted by Gasteiger charge is 2.27. The number of benzene rings is 2. The summed E-state index contributed by atoms with van der Waals surface area (Å²) in [4.78, 5) is 27.0. The third-order valence-electron chi connectivity index (χ3n) is 4.35. The average molecular weight is 537 g/mol. The molecule has 9 heteroatoms. The molecule has 1 atom stereocenters. The predicted octanol–water partition coefficient (Wildman–Crippen LogP) is 5.73. The maximum absolute atomic E-state index is 13.0. The largest absolute Gasteiger partial charge is 0.482 e. The first-order valence-electron chi connectivity index (χ1n) is 9.32. The van der Waals surface area contributed by atoms with Gasteiger partial charge in [0.25, 0.3) is 5.91 Å². The molecule has 0 saturated heterocycles. The van der Waals surface area contributed by atoms with Crippen molar-refractivity contribution in [3.05, 3.63) is 61.5 Å². The zero-order valence-corrected chi connectivity index (χ0v) is 20.4. The van der Waals surface area contributed by atoms with E-state index >= 15 is 0 Å². The quantitative estimate of drug-likeness (QED) is 0.445. The first kappa shape index (κ1) is 24.8. The van der Waals surface area contributed by atoms with Gasteiger partial charge < -0.3 is 15.0 Å². The Morgan fingerprint density at radius 3 is 2.40 bits per heavy atom. The average Bonchev–Trinajstić information content (AvgIpc) is 2.70. The Morgan fingerprint density at radius 2 is 1.80 bits per heavy atom. The van der Waals surface area contributed by atoms with Crippen LogP contribution in [-0.4, -0.2) is 35.9 Å². The van der Waals surface area contributed by atoms with Crippen molar-refractivity contribution in [3.8, 4) is 5.75 Å². The standard InChI is InChI=1S/C21H22BrCl3N2O3/c1-3-9-26-21(29)13(2)27(11-15-16(23)5-4-6-17(15)24)20(28)12-30-19-8-7-14(22)10-18(19)25/h4-8,10,13H,3,9,11-12H2,1-2H3,(H,26,29)/t13-/m0/s1. The van der Waals surface area contributed by atoms with Crippen molar-refractivity contribution >= 4 is 62.5 Å². The van der Waals surface area contributed by atoms with Crippen LogP contribution in [0.4, 0.5) is 0 Å². The lowest BCUT2D eigenvalue weighted by atomic mass is 10.1. The fourth-order valence-electron chi connectivity index (χ4n) is 2.65. The number of rotatable bonds is 9. The van der Waals surface area contributed by atoms with Crippen molar-refractivity contribution in [3.63, 3.8) is 0 Å². The monoisotopic (exact) mass is 534 g/mol. The van der Waals surface area contributed by atoms with E-state index in [2.05, 4.69) is 21.2 Å². The van der Waals surface area contributed by atoms with E-state index < -0.39 is 11.9 Å².